The van der Waals surface area contributed by atoms with E-state index >= 15 is 0 Å². The first-order valence-corrected chi connectivity index (χ1v) is 11.8. The molecule has 1 N–H and O–H groups in total. The highest BCUT2D eigenvalue weighted by Gasteiger charge is 2.34. The molecule has 0 unspecified atom stereocenters. The summed E-state index contributed by atoms with van der Waals surface area (Å²) in [7, 11) is 0. The molecule has 0 spiro atoms. The number of aliphatic hydroxyl groups is 1. The number of aromatic nitrogens is 2. The third-order valence-electron chi connectivity index (χ3n) is 6.70. The summed E-state index contributed by atoms with van der Waals surface area (Å²) in [5.74, 6) is 1.22. The van der Waals surface area contributed by atoms with E-state index in [0.717, 1.165) is 31.6 Å². The Morgan fingerprint density at radius 1 is 1.13 bits per heavy atom. The van der Waals surface area contributed by atoms with Gasteiger partial charge in [0, 0.05) is 55.0 Å². The van der Waals surface area contributed by atoms with Crippen molar-refractivity contribution >= 4 is 11.6 Å². The molecule has 0 saturated carbocycles. The predicted octanol–water partition coefficient (Wildman–Crippen LogP) is 3.13. The van der Waals surface area contributed by atoms with Crippen LogP contribution in [0.4, 0.5) is 0 Å². The Morgan fingerprint density at radius 3 is 2.55 bits per heavy atom. The molecule has 2 saturated heterocycles. The number of likely N-dealkylation sites (tertiary alicyclic amines) is 1. The molecule has 1 aromatic carbocycles. The Labute approximate surface area is 190 Å². The maximum Gasteiger partial charge on any atom is 0.241 e. The van der Waals surface area contributed by atoms with Gasteiger partial charge in [0.1, 0.15) is 0 Å². The fraction of sp³-hybridized carbons (Fsp3) is 0.652. The zero-order chi connectivity index (χ0) is 21.8. The number of piperidine rings is 1. The summed E-state index contributed by atoms with van der Waals surface area (Å²) in [5.41, 5.74) is 0.898. The third-order valence-corrected chi connectivity index (χ3v) is 6.95. The number of hydrogen-bond donors (Lipinski definition) is 1. The Hall–Kier alpha value is -1.51. The topological polar surface area (TPSA) is 68.9 Å². The summed E-state index contributed by atoms with van der Waals surface area (Å²) in [5, 5.41) is 14.5. The molecule has 7 nitrogen and oxygen atoms in total. The lowest BCUT2D eigenvalue weighted by Gasteiger charge is -2.47. The minimum Gasteiger partial charge on any atom is -0.396 e. The molecule has 31 heavy (non-hydrogen) atoms. The van der Waals surface area contributed by atoms with E-state index in [-0.39, 0.29) is 6.61 Å². The fourth-order valence-corrected chi connectivity index (χ4v) is 5.05. The SMILES string of the molecule is CC(C)N1CCC(N2CCN(Cc3nc(-c4ccc(Cl)cc4)no3)C[C@@H]2CCO)CC1. The Kier molecular flexibility index (Phi) is 7.61. The van der Waals surface area contributed by atoms with Crippen LogP contribution < -0.4 is 0 Å². The van der Waals surface area contributed by atoms with Crippen LogP contribution in [0.1, 0.15) is 39.0 Å². The van der Waals surface area contributed by atoms with E-state index in [4.69, 9.17) is 16.1 Å². The van der Waals surface area contributed by atoms with E-state index < -0.39 is 0 Å². The number of aliphatic hydroxyl groups excluding tert-OH is 1. The summed E-state index contributed by atoms with van der Waals surface area (Å²) < 4.78 is 5.52. The van der Waals surface area contributed by atoms with Crippen molar-refractivity contribution in [2.75, 3.05) is 39.3 Å². The van der Waals surface area contributed by atoms with Gasteiger partial charge in [0.2, 0.25) is 11.7 Å². The van der Waals surface area contributed by atoms with Gasteiger partial charge in [-0.2, -0.15) is 4.98 Å². The second-order valence-corrected chi connectivity index (χ2v) is 9.45. The van der Waals surface area contributed by atoms with Crippen LogP contribution in [0.15, 0.2) is 28.8 Å². The average Bonchev–Trinajstić information content (AvgIpc) is 3.23. The van der Waals surface area contributed by atoms with Crippen LogP contribution in [0.25, 0.3) is 11.4 Å². The molecule has 8 heteroatoms. The standard InChI is InChI=1S/C23H34ClN5O2/c1-17(2)28-10-7-20(8-11-28)29-13-12-27(15-21(29)9-14-30)16-22-25-23(26-31-22)18-3-5-19(24)6-4-18/h3-6,17,20-21,30H,7-16H2,1-2H3/t21-/m0/s1. The van der Waals surface area contributed by atoms with Crippen LogP contribution in [-0.2, 0) is 6.54 Å². The summed E-state index contributed by atoms with van der Waals surface area (Å²) >= 11 is 5.97. The van der Waals surface area contributed by atoms with Crippen LogP contribution in [0, 0.1) is 0 Å². The molecular weight excluding hydrogens is 414 g/mol. The fourth-order valence-electron chi connectivity index (χ4n) is 4.92. The smallest absolute Gasteiger partial charge is 0.241 e. The Morgan fingerprint density at radius 2 is 1.87 bits per heavy atom. The van der Waals surface area contributed by atoms with Gasteiger partial charge in [-0.15, -0.1) is 0 Å². The molecule has 3 heterocycles. The largest absolute Gasteiger partial charge is 0.396 e. The molecule has 2 aromatic rings. The molecule has 0 bridgehead atoms. The minimum absolute atomic E-state index is 0.223. The van der Waals surface area contributed by atoms with Crippen LogP contribution in [0.2, 0.25) is 5.02 Å². The van der Waals surface area contributed by atoms with Crippen molar-refractivity contribution in [2.45, 2.75) is 57.8 Å². The van der Waals surface area contributed by atoms with E-state index in [1.807, 2.05) is 24.3 Å². The molecule has 0 aliphatic carbocycles. The van der Waals surface area contributed by atoms with E-state index in [1.54, 1.807) is 0 Å². The molecule has 2 aliphatic rings. The van der Waals surface area contributed by atoms with Gasteiger partial charge in [-0.05, 0) is 70.5 Å². The quantitative estimate of drug-likeness (QED) is 0.699. The lowest BCUT2D eigenvalue weighted by molar-refractivity contribution is -0.00247. The highest BCUT2D eigenvalue weighted by atomic mass is 35.5. The zero-order valence-corrected chi connectivity index (χ0v) is 19.3. The first-order valence-electron chi connectivity index (χ1n) is 11.4. The summed E-state index contributed by atoms with van der Waals surface area (Å²) in [6, 6.07) is 9.07. The first-order chi connectivity index (χ1) is 15.0. The van der Waals surface area contributed by atoms with Crippen molar-refractivity contribution in [3.8, 4) is 11.4 Å². The molecular formula is C23H34ClN5O2. The first kappa shape index (κ1) is 22.7. The van der Waals surface area contributed by atoms with Gasteiger partial charge < -0.3 is 14.5 Å². The number of nitrogens with zero attached hydrogens (tertiary/aromatic N) is 5. The molecule has 0 radical (unpaired) electrons. The zero-order valence-electron chi connectivity index (χ0n) is 18.6. The number of halogens is 1. The monoisotopic (exact) mass is 447 g/mol. The van der Waals surface area contributed by atoms with Crippen molar-refractivity contribution in [3.05, 3.63) is 35.2 Å². The maximum atomic E-state index is 9.67. The second-order valence-electron chi connectivity index (χ2n) is 9.02. The minimum atomic E-state index is 0.223. The molecule has 0 amide bonds. The van der Waals surface area contributed by atoms with E-state index in [2.05, 4.69) is 38.7 Å². The number of hydrogen-bond acceptors (Lipinski definition) is 7. The van der Waals surface area contributed by atoms with Gasteiger partial charge in [-0.3, -0.25) is 9.80 Å². The van der Waals surface area contributed by atoms with Crippen molar-refractivity contribution in [1.82, 2.24) is 24.8 Å². The van der Waals surface area contributed by atoms with Gasteiger partial charge in [-0.25, -0.2) is 0 Å². The van der Waals surface area contributed by atoms with Crippen molar-refractivity contribution < 1.29 is 9.63 Å². The van der Waals surface area contributed by atoms with E-state index in [9.17, 15) is 5.11 Å². The van der Waals surface area contributed by atoms with E-state index in [0.29, 0.717) is 41.4 Å². The summed E-state index contributed by atoms with van der Waals surface area (Å²) in [6.07, 6.45) is 3.24. The number of benzene rings is 1. The number of piperazine rings is 1. The average molecular weight is 448 g/mol. The lowest BCUT2D eigenvalue weighted by atomic mass is 9.97. The summed E-state index contributed by atoms with van der Waals surface area (Å²) in [6.45, 7) is 10.7. The molecule has 2 fully saturated rings. The predicted molar refractivity (Wildman–Crippen MR) is 122 cm³/mol. The van der Waals surface area contributed by atoms with Gasteiger partial charge in [0.25, 0.3) is 0 Å². The van der Waals surface area contributed by atoms with Gasteiger partial charge in [-0.1, -0.05) is 16.8 Å². The molecule has 4 rings (SSSR count). The van der Waals surface area contributed by atoms with Crippen molar-refractivity contribution in [3.63, 3.8) is 0 Å². The second kappa shape index (κ2) is 10.4. The number of rotatable bonds is 7. The van der Waals surface area contributed by atoms with Crippen molar-refractivity contribution in [2.24, 2.45) is 0 Å². The van der Waals surface area contributed by atoms with Crippen molar-refractivity contribution in [1.29, 1.82) is 0 Å². The summed E-state index contributed by atoms with van der Waals surface area (Å²) in [4.78, 5) is 12.2. The van der Waals surface area contributed by atoms with Gasteiger partial charge >= 0.3 is 0 Å². The van der Waals surface area contributed by atoms with Crippen LogP contribution >= 0.6 is 11.6 Å². The Bertz CT molecular complexity index is 820. The normalized spacial score (nSPS) is 22.4. The Balaban J connectivity index is 1.35. The van der Waals surface area contributed by atoms with Crippen LogP contribution in [0.5, 0.6) is 0 Å². The highest BCUT2D eigenvalue weighted by Crippen LogP contribution is 2.25. The highest BCUT2D eigenvalue weighted by molar-refractivity contribution is 6.30. The van der Waals surface area contributed by atoms with Gasteiger partial charge in [0.05, 0.1) is 6.54 Å². The lowest BCUT2D eigenvalue weighted by Crippen LogP contribution is -2.58. The third kappa shape index (κ3) is 5.65. The molecule has 170 valence electrons. The maximum absolute atomic E-state index is 9.67. The molecule has 1 atom stereocenters. The van der Waals surface area contributed by atoms with Crippen LogP contribution in [0.3, 0.4) is 0 Å². The van der Waals surface area contributed by atoms with E-state index in [1.165, 1.54) is 25.9 Å². The molecule has 1 aromatic heterocycles. The molecule has 2 aliphatic heterocycles. The van der Waals surface area contributed by atoms with Crippen LogP contribution in [-0.4, -0.2) is 87.4 Å². The van der Waals surface area contributed by atoms with Gasteiger partial charge in [0.15, 0.2) is 0 Å².